The topological polar surface area (TPSA) is 233 Å². The summed E-state index contributed by atoms with van der Waals surface area (Å²) in [7, 11) is -16.7. The summed E-state index contributed by atoms with van der Waals surface area (Å²) in [6, 6.07) is 1.38. The van der Waals surface area contributed by atoms with Gasteiger partial charge in [-0.15, -0.1) is 0 Å². The molecule has 0 radical (unpaired) electrons. The van der Waals surface area contributed by atoms with Crippen LogP contribution in [0.1, 0.15) is 13.2 Å². The smallest absolute Gasteiger partial charge is 0.387 e. The summed E-state index contributed by atoms with van der Waals surface area (Å²) in [6.07, 6.45) is -3.00. The van der Waals surface area contributed by atoms with Gasteiger partial charge in [0, 0.05) is 12.1 Å². The number of hydrogen-bond donors (Lipinski definition) is 6. The third kappa shape index (κ3) is 6.21. The van der Waals surface area contributed by atoms with Gasteiger partial charge in [0.15, 0.2) is 6.29 Å². The monoisotopic (exact) mass is 483 g/mol. The van der Waals surface area contributed by atoms with E-state index in [2.05, 4.69) is 18.1 Å². The van der Waals surface area contributed by atoms with E-state index in [4.69, 9.17) is 37.4 Å². The lowest BCUT2D eigenvalue weighted by atomic mass is 10.1. The first kappa shape index (κ1) is 23.7. The largest absolute Gasteiger partial charge is 0.490 e. The summed E-state index contributed by atoms with van der Waals surface area (Å²) in [5.41, 5.74) is 5.49. The Morgan fingerprint density at radius 3 is 2.36 bits per heavy atom. The number of aliphatic hydroxyl groups is 1. The number of anilines is 1. The Bertz CT molecular complexity index is 934. The van der Waals surface area contributed by atoms with E-state index in [-0.39, 0.29) is 10.6 Å². The zero-order valence-electron chi connectivity index (χ0n) is 13.8. The van der Waals surface area contributed by atoms with E-state index >= 15 is 0 Å². The van der Waals surface area contributed by atoms with Crippen LogP contribution in [0.15, 0.2) is 12.3 Å². The Balaban J connectivity index is 2.15. The zero-order valence-corrected chi connectivity index (χ0v) is 17.3. The molecule has 2 heterocycles. The summed E-state index contributed by atoms with van der Waals surface area (Å²) in [4.78, 5) is 39.5. The molecule has 160 valence electrons. The van der Waals surface area contributed by atoms with Crippen molar-refractivity contribution in [1.29, 1.82) is 0 Å². The van der Waals surface area contributed by atoms with Gasteiger partial charge in [-0.25, -0.2) is 18.7 Å². The second kappa shape index (κ2) is 8.28. The molecule has 1 fully saturated rings. The molecule has 28 heavy (non-hydrogen) atoms. The molecule has 6 atom stereocenters. The standard InChI is InChI=1S/C9H16N3O12P3S/c1-4-6(13)8(21-7(4)12-3-2-5(10)11-9(12)28)22-26(17,18)24-27(19,20)23-25(14,15)16/h2-4,6-8,13H,1H3,(H,17,18)(H,19,20)(H2,10,11,28)(H2,14,15,16)/t4?,6-,7-,8-/m1/s1. The van der Waals surface area contributed by atoms with Crippen molar-refractivity contribution >= 4 is 41.5 Å². The molecule has 3 unspecified atom stereocenters. The summed E-state index contributed by atoms with van der Waals surface area (Å²) < 4.78 is 52.1. The average Bonchev–Trinajstić information content (AvgIpc) is 2.71. The van der Waals surface area contributed by atoms with Crippen molar-refractivity contribution in [3.05, 3.63) is 17.0 Å². The number of ether oxygens (including phenoxy) is 1. The number of rotatable bonds is 7. The molecule has 0 amide bonds. The first-order chi connectivity index (χ1) is 12.6. The Morgan fingerprint density at radius 2 is 1.82 bits per heavy atom. The van der Waals surface area contributed by atoms with Crippen LogP contribution in [0.25, 0.3) is 0 Å². The molecule has 7 N–H and O–H groups in total. The number of nitrogens with two attached hydrogens (primary N) is 1. The number of phosphoric acid groups is 3. The van der Waals surface area contributed by atoms with E-state index in [1.807, 2.05) is 0 Å². The minimum Gasteiger partial charge on any atom is -0.387 e. The van der Waals surface area contributed by atoms with E-state index in [0.29, 0.717) is 0 Å². The molecule has 0 bridgehead atoms. The summed E-state index contributed by atoms with van der Waals surface area (Å²) in [5.74, 6) is -0.647. The molecule has 1 aromatic rings. The second-order valence-electron chi connectivity index (χ2n) is 5.48. The summed E-state index contributed by atoms with van der Waals surface area (Å²) >= 11 is 5.02. The predicted molar refractivity (Wildman–Crippen MR) is 91.5 cm³/mol. The average molecular weight is 483 g/mol. The van der Waals surface area contributed by atoms with Crippen molar-refractivity contribution in [2.45, 2.75) is 25.5 Å². The number of phosphoric ester groups is 1. The molecule has 0 saturated carbocycles. The van der Waals surface area contributed by atoms with Gasteiger partial charge in [-0.3, -0.25) is 9.09 Å². The maximum atomic E-state index is 11.9. The minimum atomic E-state index is -5.70. The van der Waals surface area contributed by atoms with Crippen LogP contribution in [0.2, 0.25) is 0 Å². The van der Waals surface area contributed by atoms with Gasteiger partial charge in [0.2, 0.25) is 4.77 Å². The van der Waals surface area contributed by atoms with Gasteiger partial charge in [-0.1, -0.05) is 6.92 Å². The van der Waals surface area contributed by atoms with Crippen LogP contribution in [0.3, 0.4) is 0 Å². The predicted octanol–water partition coefficient (Wildman–Crippen LogP) is 0.390. The van der Waals surface area contributed by atoms with Gasteiger partial charge in [0.05, 0.1) is 0 Å². The van der Waals surface area contributed by atoms with Crippen LogP contribution in [0.5, 0.6) is 0 Å². The van der Waals surface area contributed by atoms with Crippen LogP contribution in [0, 0.1) is 10.7 Å². The van der Waals surface area contributed by atoms with Gasteiger partial charge in [0.1, 0.15) is 18.1 Å². The first-order valence-electron chi connectivity index (χ1n) is 7.11. The molecular formula is C9H16N3O12P3S. The SMILES string of the molecule is CC1[C@@H](O)[C@@H](OP(=O)(O)OP(=O)(O)OP(=O)(O)O)O[C@H]1n1ccc(N)nc1=S. The van der Waals surface area contributed by atoms with Gasteiger partial charge < -0.3 is 35.2 Å². The minimum absolute atomic E-state index is 0.0250. The highest BCUT2D eigenvalue weighted by atomic mass is 32.1. The maximum absolute atomic E-state index is 11.9. The van der Waals surface area contributed by atoms with Crippen molar-refractivity contribution in [3.63, 3.8) is 0 Å². The molecule has 19 heteroatoms. The fraction of sp³-hybridized carbons (Fsp3) is 0.556. The Labute approximate surface area is 162 Å². The lowest BCUT2D eigenvalue weighted by Crippen LogP contribution is -2.27. The summed E-state index contributed by atoms with van der Waals surface area (Å²) in [6.45, 7) is 1.48. The van der Waals surface area contributed by atoms with Crippen LogP contribution in [-0.2, 0) is 31.6 Å². The summed E-state index contributed by atoms with van der Waals surface area (Å²) in [5, 5.41) is 10.2. The fourth-order valence-corrected chi connectivity index (χ4v) is 5.58. The molecule has 1 aliphatic heterocycles. The normalized spacial score (nSPS) is 29.9. The highest BCUT2D eigenvalue weighted by Gasteiger charge is 2.48. The molecule has 0 spiro atoms. The molecule has 1 aromatic heterocycles. The molecule has 15 nitrogen and oxygen atoms in total. The van der Waals surface area contributed by atoms with Crippen molar-refractivity contribution in [3.8, 4) is 0 Å². The number of aliphatic hydroxyl groups excluding tert-OH is 1. The molecule has 1 aliphatic rings. The van der Waals surface area contributed by atoms with Crippen molar-refractivity contribution in [2.75, 3.05) is 5.73 Å². The number of nitrogen functional groups attached to an aromatic ring is 1. The lowest BCUT2D eigenvalue weighted by Gasteiger charge is -2.20. The lowest BCUT2D eigenvalue weighted by molar-refractivity contribution is -0.134. The van der Waals surface area contributed by atoms with Crippen LogP contribution >= 0.6 is 35.7 Å². The van der Waals surface area contributed by atoms with Crippen LogP contribution in [-0.4, -0.2) is 46.6 Å². The highest BCUT2D eigenvalue weighted by Crippen LogP contribution is 2.67. The number of nitrogens with zero attached hydrogens (tertiary/aromatic N) is 2. The second-order valence-corrected chi connectivity index (χ2v) is 10.2. The Morgan fingerprint density at radius 1 is 1.21 bits per heavy atom. The van der Waals surface area contributed by atoms with Gasteiger partial charge in [0.25, 0.3) is 0 Å². The van der Waals surface area contributed by atoms with Gasteiger partial charge in [-0.05, 0) is 18.3 Å². The number of hydrogen-bond acceptors (Lipinski definition) is 11. The maximum Gasteiger partial charge on any atom is 0.490 e. The van der Waals surface area contributed by atoms with E-state index < -0.39 is 48.0 Å². The Kier molecular flexibility index (Phi) is 7.01. The third-order valence-electron chi connectivity index (χ3n) is 3.32. The zero-order chi connectivity index (χ0) is 21.5. The van der Waals surface area contributed by atoms with E-state index in [0.717, 1.165) is 0 Å². The van der Waals surface area contributed by atoms with Gasteiger partial charge >= 0.3 is 23.5 Å². The molecular weight excluding hydrogens is 467 g/mol. The first-order valence-corrected chi connectivity index (χ1v) is 12.0. The fourth-order valence-electron chi connectivity index (χ4n) is 2.21. The van der Waals surface area contributed by atoms with Crippen molar-refractivity contribution < 1.29 is 56.3 Å². The van der Waals surface area contributed by atoms with E-state index in [1.165, 1.54) is 23.8 Å². The van der Waals surface area contributed by atoms with Gasteiger partial charge in [-0.2, -0.15) is 8.62 Å². The van der Waals surface area contributed by atoms with Crippen molar-refractivity contribution in [2.24, 2.45) is 5.92 Å². The quantitative estimate of drug-likeness (QED) is 0.227. The third-order valence-corrected chi connectivity index (χ3v) is 7.42. The molecule has 0 aromatic carbocycles. The van der Waals surface area contributed by atoms with E-state index in [1.54, 1.807) is 0 Å². The van der Waals surface area contributed by atoms with Crippen molar-refractivity contribution in [1.82, 2.24) is 9.55 Å². The number of aromatic nitrogens is 2. The molecule has 1 saturated heterocycles. The van der Waals surface area contributed by atoms with Crippen LogP contribution in [0.4, 0.5) is 5.82 Å². The Hall–Kier alpha value is -0.570. The molecule has 0 aliphatic carbocycles. The van der Waals surface area contributed by atoms with Crippen LogP contribution < -0.4 is 5.73 Å². The molecule has 2 rings (SSSR count). The highest BCUT2D eigenvalue weighted by molar-refractivity contribution is 7.71. The van der Waals surface area contributed by atoms with E-state index in [9.17, 15) is 23.7 Å².